The van der Waals surface area contributed by atoms with Crippen molar-refractivity contribution >= 4 is 41.2 Å². The standard InChI is InChI=1S/C16H17N5O8S/c1-8(22)29-6-9-7-30-15-12(14(24)20(15)13(9)16(25)26)18-11(23)2-3-19-5-10(4-17-19)21(27)28/h4-5,12,15H,2-3,6-7H2,1H3,(H,18,23)(H,25,26)/t12-,15-/m1/s1. The van der Waals surface area contributed by atoms with Gasteiger partial charge >= 0.3 is 17.6 Å². The number of aliphatic carboxylic acids is 1. The number of nitrogens with one attached hydrogen (secondary N) is 1. The number of nitrogens with zero attached hydrogens (tertiary/aromatic N) is 4. The molecule has 0 radical (unpaired) electrons. The molecule has 0 bridgehead atoms. The summed E-state index contributed by atoms with van der Waals surface area (Å²) in [7, 11) is 0. The molecule has 0 aliphatic carbocycles. The normalized spacial score (nSPS) is 20.3. The molecule has 2 aliphatic heterocycles. The average Bonchev–Trinajstić information content (AvgIpc) is 3.17. The minimum atomic E-state index is -1.32. The highest BCUT2D eigenvalue weighted by atomic mass is 32.2. The Morgan fingerprint density at radius 2 is 2.20 bits per heavy atom. The van der Waals surface area contributed by atoms with Gasteiger partial charge in [0.25, 0.3) is 5.91 Å². The number of rotatable bonds is 8. The number of hydrogen-bond donors (Lipinski definition) is 2. The molecule has 2 atom stereocenters. The van der Waals surface area contributed by atoms with Crippen molar-refractivity contribution in [2.24, 2.45) is 0 Å². The van der Waals surface area contributed by atoms with E-state index in [1.54, 1.807) is 0 Å². The quantitative estimate of drug-likeness (QED) is 0.232. The first-order valence-electron chi connectivity index (χ1n) is 8.68. The van der Waals surface area contributed by atoms with Crippen molar-refractivity contribution in [1.29, 1.82) is 0 Å². The smallest absolute Gasteiger partial charge is 0.352 e. The minimum Gasteiger partial charge on any atom is -0.477 e. The molecule has 0 saturated carbocycles. The van der Waals surface area contributed by atoms with Crippen molar-refractivity contribution < 1.29 is 33.9 Å². The Bertz CT molecular complexity index is 957. The van der Waals surface area contributed by atoms with Crippen molar-refractivity contribution in [3.63, 3.8) is 0 Å². The Hall–Kier alpha value is -3.42. The second-order valence-corrected chi connectivity index (χ2v) is 7.57. The van der Waals surface area contributed by atoms with Crippen LogP contribution in [0.25, 0.3) is 0 Å². The van der Waals surface area contributed by atoms with Crippen LogP contribution in [0, 0.1) is 10.1 Å². The summed E-state index contributed by atoms with van der Waals surface area (Å²) in [5.41, 5.74) is -0.131. The number of carboxylic acid groups (broad SMARTS) is 1. The number of β-lactam (4-membered cyclic amide) rings is 1. The lowest BCUT2D eigenvalue weighted by molar-refractivity contribution is -0.385. The van der Waals surface area contributed by atoms with Crippen LogP contribution in [0.15, 0.2) is 23.7 Å². The van der Waals surface area contributed by atoms with Crippen molar-refractivity contribution in [3.8, 4) is 0 Å². The summed E-state index contributed by atoms with van der Waals surface area (Å²) in [6.07, 6.45) is 2.19. The number of amides is 2. The highest BCUT2D eigenvalue weighted by molar-refractivity contribution is 8.00. The molecule has 1 fully saturated rings. The van der Waals surface area contributed by atoms with Crippen LogP contribution in [0.5, 0.6) is 0 Å². The maximum Gasteiger partial charge on any atom is 0.352 e. The van der Waals surface area contributed by atoms with Gasteiger partial charge in [0.05, 0.1) is 4.92 Å². The molecule has 2 amide bonds. The molecule has 1 aromatic rings. The molecule has 2 N–H and O–H groups in total. The molecule has 14 heteroatoms. The number of esters is 1. The first kappa shape index (κ1) is 21.3. The van der Waals surface area contributed by atoms with Crippen LogP contribution >= 0.6 is 11.8 Å². The number of ether oxygens (including phenoxy) is 1. The van der Waals surface area contributed by atoms with E-state index in [2.05, 4.69) is 10.4 Å². The molecule has 3 heterocycles. The minimum absolute atomic E-state index is 0.0701. The van der Waals surface area contributed by atoms with Crippen LogP contribution in [0.3, 0.4) is 0 Å². The topological polar surface area (TPSA) is 174 Å². The molecule has 30 heavy (non-hydrogen) atoms. The van der Waals surface area contributed by atoms with Gasteiger partial charge in [0, 0.05) is 31.2 Å². The number of hydrogen-bond acceptors (Lipinski definition) is 9. The molecule has 2 aliphatic rings. The molecule has 1 aromatic heterocycles. The van der Waals surface area contributed by atoms with E-state index in [9.17, 15) is 34.4 Å². The van der Waals surface area contributed by atoms with Gasteiger partial charge in [0.2, 0.25) is 5.91 Å². The van der Waals surface area contributed by atoms with Crippen LogP contribution in [-0.4, -0.2) is 72.2 Å². The van der Waals surface area contributed by atoms with Crippen LogP contribution in [0.4, 0.5) is 5.69 Å². The summed E-state index contributed by atoms with van der Waals surface area (Å²) in [6, 6.07) is -0.890. The van der Waals surface area contributed by atoms with Gasteiger partial charge in [-0.2, -0.15) is 5.10 Å². The molecule has 0 spiro atoms. The van der Waals surface area contributed by atoms with Gasteiger partial charge in [-0.1, -0.05) is 0 Å². The Kier molecular flexibility index (Phi) is 6.05. The Morgan fingerprint density at radius 3 is 2.80 bits per heavy atom. The van der Waals surface area contributed by atoms with Gasteiger partial charge < -0.3 is 15.2 Å². The Balaban J connectivity index is 1.60. The monoisotopic (exact) mass is 439 g/mol. The number of fused-ring (bicyclic) bond motifs is 1. The third kappa shape index (κ3) is 4.27. The number of thioether (sulfide) groups is 1. The Morgan fingerprint density at radius 1 is 1.47 bits per heavy atom. The van der Waals surface area contributed by atoms with E-state index in [1.165, 1.54) is 29.6 Å². The van der Waals surface area contributed by atoms with Gasteiger partial charge in [-0.05, 0) is 0 Å². The molecular formula is C16H17N5O8S. The van der Waals surface area contributed by atoms with E-state index in [0.717, 1.165) is 11.1 Å². The molecular weight excluding hydrogens is 422 g/mol. The van der Waals surface area contributed by atoms with Gasteiger partial charge in [0.15, 0.2) is 0 Å². The summed E-state index contributed by atoms with van der Waals surface area (Å²) >= 11 is 1.25. The average molecular weight is 439 g/mol. The molecule has 13 nitrogen and oxygen atoms in total. The van der Waals surface area contributed by atoms with Crippen molar-refractivity contribution in [1.82, 2.24) is 20.0 Å². The number of carboxylic acids is 1. The third-order valence-corrected chi connectivity index (χ3v) is 5.75. The van der Waals surface area contributed by atoms with Crippen molar-refractivity contribution in [2.75, 3.05) is 12.4 Å². The predicted octanol–water partition coefficient (Wildman–Crippen LogP) is -0.517. The van der Waals surface area contributed by atoms with Gasteiger partial charge in [0.1, 0.15) is 36.1 Å². The van der Waals surface area contributed by atoms with E-state index in [1.807, 2.05) is 0 Å². The van der Waals surface area contributed by atoms with Crippen molar-refractivity contribution in [3.05, 3.63) is 33.8 Å². The maximum atomic E-state index is 12.5. The molecule has 0 unspecified atom stereocenters. The third-order valence-electron chi connectivity index (χ3n) is 4.41. The van der Waals surface area contributed by atoms with E-state index >= 15 is 0 Å². The highest BCUT2D eigenvalue weighted by Gasteiger charge is 2.54. The Labute approximate surface area is 173 Å². The predicted molar refractivity (Wildman–Crippen MR) is 99.8 cm³/mol. The number of nitro groups is 1. The highest BCUT2D eigenvalue weighted by Crippen LogP contribution is 2.40. The number of aryl methyl sites for hydroxylation is 1. The zero-order valence-electron chi connectivity index (χ0n) is 15.6. The fourth-order valence-electron chi connectivity index (χ4n) is 3.01. The lowest BCUT2D eigenvalue weighted by Crippen LogP contribution is -2.70. The van der Waals surface area contributed by atoms with E-state index in [-0.39, 0.29) is 36.7 Å². The van der Waals surface area contributed by atoms with Gasteiger partial charge in [-0.3, -0.25) is 34.1 Å². The summed E-state index contributed by atoms with van der Waals surface area (Å²) in [5.74, 6) is -2.71. The van der Waals surface area contributed by atoms with Crippen molar-refractivity contribution in [2.45, 2.75) is 31.3 Å². The molecule has 0 aromatic carbocycles. The number of aromatic nitrogens is 2. The largest absolute Gasteiger partial charge is 0.477 e. The van der Waals surface area contributed by atoms with Crippen LogP contribution < -0.4 is 5.32 Å². The summed E-state index contributed by atoms with van der Waals surface area (Å²) in [6.45, 7) is 1.05. The molecule has 160 valence electrons. The van der Waals surface area contributed by atoms with Crippen LogP contribution in [0.1, 0.15) is 13.3 Å². The first-order chi connectivity index (χ1) is 14.2. The second kappa shape index (κ2) is 8.52. The van der Waals surface area contributed by atoms with Gasteiger partial charge in [-0.25, -0.2) is 4.79 Å². The number of carbonyl (C=O) groups is 4. The molecule has 3 rings (SSSR count). The zero-order valence-corrected chi connectivity index (χ0v) is 16.5. The van der Waals surface area contributed by atoms with Crippen LogP contribution in [-0.2, 0) is 30.5 Å². The van der Waals surface area contributed by atoms with E-state index < -0.39 is 40.1 Å². The fourth-order valence-corrected chi connectivity index (χ4v) is 4.34. The second-order valence-electron chi connectivity index (χ2n) is 6.46. The van der Waals surface area contributed by atoms with Crippen LogP contribution in [0.2, 0.25) is 0 Å². The van der Waals surface area contributed by atoms with E-state index in [0.29, 0.717) is 5.57 Å². The lowest BCUT2D eigenvalue weighted by atomic mass is 10.0. The van der Waals surface area contributed by atoms with Gasteiger partial charge in [-0.15, -0.1) is 11.8 Å². The fraction of sp³-hybridized carbons (Fsp3) is 0.438. The first-order valence-corrected chi connectivity index (χ1v) is 9.73. The molecule has 1 saturated heterocycles. The lowest BCUT2D eigenvalue weighted by Gasteiger charge is -2.49. The summed E-state index contributed by atoms with van der Waals surface area (Å²) in [4.78, 5) is 58.4. The SMILES string of the molecule is CC(=O)OCC1=C(C(=O)O)N2C(=O)[C@@H](NC(=O)CCn3cc([N+](=O)[O-])cn3)[C@H]2SC1. The maximum absolute atomic E-state index is 12.5. The zero-order chi connectivity index (χ0) is 22.0. The summed E-state index contributed by atoms with van der Waals surface area (Å²) in [5, 5.41) is 25.9. The van der Waals surface area contributed by atoms with E-state index in [4.69, 9.17) is 4.74 Å². The number of carbonyl (C=O) groups excluding carboxylic acids is 3. The summed E-state index contributed by atoms with van der Waals surface area (Å²) < 4.78 is 6.10.